The number of hydrogen-bond donors (Lipinski definition) is 0. The fourth-order valence-electron chi connectivity index (χ4n) is 1.93. The highest BCUT2D eigenvalue weighted by molar-refractivity contribution is 8.28. The fourth-order valence-corrected chi connectivity index (χ4v) is 8.85. The SMILES string of the molecule is CS(=O)(=O)[C-](S(=O)(=O)c1ccccc1)S(=O)(=O)c1ccccc1. The van der Waals surface area contributed by atoms with Crippen molar-refractivity contribution in [3.05, 3.63) is 64.6 Å². The van der Waals surface area contributed by atoms with Crippen molar-refractivity contribution in [2.75, 3.05) is 6.26 Å². The summed E-state index contributed by atoms with van der Waals surface area (Å²) in [6.45, 7) is 0. The van der Waals surface area contributed by atoms with Crippen molar-refractivity contribution < 1.29 is 25.3 Å². The minimum absolute atomic E-state index is 0.403. The third-order valence-electron chi connectivity index (χ3n) is 2.85. The second kappa shape index (κ2) is 6.06. The Morgan fingerprint density at radius 1 is 0.609 bits per heavy atom. The molecule has 0 spiro atoms. The number of rotatable bonds is 5. The van der Waals surface area contributed by atoms with Gasteiger partial charge in [-0.25, -0.2) is 0 Å². The van der Waals surface area contributed by atoms with Gasteiger partial charge in [0, 0.05) is 16.0 Å². The van der Waals surface area contributed by atoms with E-state index in [1.165, 1.54) is 36.4 Å². The van der Waals surface area contributed by atoms with Crippen molar-refractivity contribution in [2.24, 2.45) is 0 Å². The Hall–Kier alpha value is -1.71. The molecule has 0 heterocycles. The third kappa shape index (κ3) is 3.46. The molecule has 0 saturated carbocycles. The third-order valence-corrected chi connectivity index (χ3v) is 10.6. The molecule has 6 nitrogen and oxygen atoms in total. The summed E-state index contributed by atoms with van der Waals surface area (Å²) in [5.74, 6) is 0. The molecule has 2 aromatic rings. The van der Waals surface area contributed by atoms with Crippen molar-refractivity contribution >= 4 is 29.5 Å². The summed E-state index contributed by atoms with van der Waals surface area (Å²) >= 11 is 0. The molecule has 0 N–H and O–H groups in total. The molecule has 0 unspecified atom stereocenters. The van der Waals surface area contributed by atoms with E-state index in [1.807, 2.05) is 0 Å². The predicted octanol–water partition coefficient (Wildman–Crippen LogP) is 1.43. The van der Waals surface area contributed by atoms with Crippen LogP contribution in [0.5, 0.6) is 0 Å². The highest BCUT2D eigenvalue weighted by Crippen LogP contribution is 2.35. The van der Waals surface area contributed by atoms with Gasteiger partial charge in [-0.05, 0) is 24.3 Å². The van der Waals surface area contributed by atoms with Crippen LogP contribution in [0.4, 0.5) is 0 Å². The second-order valence-electron chi connectivity index (χ2n) is 4.66. The van der Waals surface area contributed by atoms with Crippen molar-refractivity contribution in [1.29, 1.82) is 0 Å². The number of hydrogen-bond acceptors (Lipinski definition) is 6. The summed E-state index contributed by atoms with van der Waals surface area (Å²) in [5.41, 5.74) is 0. The molecule has 9 heteroatoms. The van der Waals surface area contributed by atoms with E-state index in [4.69, 9.17) is 0 Å². The highest BCUT2D eigenvalue weighted by atomic mass is 32.3. The monoisotopic (exact) mass is 373 g/mol. The van der Waals surface area contributed by atoms with E-state index in [2.05, 4.69) is 0 Å². The molecular formula is C14H13O6S3-. The first-order valence-electron chi connectivity index (χ1n) is 6.25. The van der Waals surface area contributed by atoms with Gasteiger partial charge in [-0.2, -0.15) is 0 Å². The minimum atomic E-state index is -4.72. The molecule has 0 aliphatic heterocycles. The van der Waals surface area contributed by atoms with Crippen LogP contribution in [-0.2, 0) is 29.5 Å². The van der Waals surface area contributed by atoms with Crippen LogP contribution < -0.4 is 0 Å². The zero-order valence-corrected chi connectivity index (χ0v) is 14.4. The Balaban J connectivity index is 2.75. The molecule has 0 fully saturated rings. The van der Waals surface area contributed by atoms with Gasteiger partial charge in [0.1, 0.15) is 0 Å². The van der Waals surface area contributed by atoms with E-state index in [-0.39, 0.29) is 0 Å². The average molecular weight is 373 g/mol. The lowest BCUT2D eigenvalue weighted by Crippen LogP contribution is -2.29. The maximum Gasteiger partial charge on any atom is 0.0828 e. The van der Waals surface area contributed by atoms with E-state index >= 15 is 0 Å². The van der Waals surface area contributed by atoms with Gasteiger partial charge in [0.05, 0.1) is 33.4 Å². The molecule has 2 aromatic carbocycles. The molecule has 0 aliphatic rings. The van der Waals surface area contributed by atoms with Crippen LogP contribution >= 0.6 is 0 Å². The van der Waals surface area contributed by atoms with Crippen LogP contribution in [0, 0.1) is 3.91 Å². The van der Waals surface area contributed by atoms with Crippen LogP contribution in [-0.4, -0.2) is 31.5 Å². The molecule has 2 rings (SSSR count). The lowest BCUT2D eigenvalue weighted by atomic mass is 10.4. The van der Waals surface area contributed by atoms with Crippen LogP contribution in [0.2, 0.25) is 0 Å². The smallest absolute Gasteiger partial charge is 0.0828 e. The second-order valence-corrected chi connectivity index (χ2v) is 11.2. The first-order chi connectivity index (χ1) is 10.6. The average Bonchev–Trinajstić information content (AvgIpc) is 2.47. The topological polar surface area (TPSA) is 102 Å². The molecule has 124 valence electrons. The Morgan fingerprint density at radius 3 is 1.17 bits per heavy atom. The summed E-state index contributed by atoms with van der Waals surface area (Å²) in [6, 6.07) is 13.1. The van der Waals surface area contributed by atoms with E-state index in [1.54, 1.807) is 0 Å². The lowest BCUT2D eigenvalue weighted by Gasteiger charge is -2.28. The van der Waals surface area contributed by atoms with Gasteiger partial charge < -0.3 is 0 Å². The van der Waals surface area contributed by atoms with Crippen molar-refractivity contribution in [3.8, 4) is 0 Å². The van der Waals surface area contributed by atoms with Gasteiger partial charge in [0.2, 0.25) is 0 Å². The molecule has 0 amide bonds. The lowest BCUT2D eigenvalue weighted by molar-refractivity contribution is 0.585. The largest absolute Gasteiger partial charge is 0.260 e. The van der Waals surface area contributed by atoms with Gasteiger partial charge in [0.15, 0.2) is 0 Å². The van der Waals surface area contributed by atoms with Gasteiger partial charge in [-0.15, -0.1) is 0 Å². The molecule has 0 radical (unpaired) electrons. The zero-order chi connectivity index (χ0) is 17.3. The summed E-state index contributed by atoms with van der Waals surface area (Å²) in [7, 11) is -14.0. The van der Waals surface area contributed by atoms with Gasteiger partial charge >= 0.3 is 0 Å². The molecule has 0 atom stereocenters. The zero-order valence-electron chi connectivity index (χ0n) is 11.9. The van der Waals surface area contributed by atoms with E-state index < -0.39 is 43.2 Å². The van der Waals surface area contributed by atoms with Crippen molar-refractivity contribution in [1.82, 2.24) is 0 Å². The van der Waals surface area contributed by atoms with E-state index in [0.717, 1.165) is 24.3 Å². The molecule has 0 saturated heterocycles. The molecular weight excluding hydrogens is 360 g/mol. The van der Waals surface area contributed by atoms with E-state index in [9.17, 15) is 25.3 Å². The van der Waals surface area contributed by atoms with Crippen LogP contribution in [0.25, 0.3) is 0 Å². The van der Waals surface area contributed by atoms with Crippen molar-refractivity contribution in [2.45, 2.75) is 9.79 Å². The molecule has 23 heavy (non-hydrogen) atoms. The Kier molecular flexibility index (Phi) is 4.65. The molecule has 0 aliphatic carbocycles. The van der Waals surface area contributed by atoms with Gasteiger partial charge in [-0.1, -0.05) is 36.4 Å². The summed E-state index contributed by atoms with van der Waals surface area (Å²) in [4.78, 5) is -0.806. The summed E-state index contributed by atoms with van der Waals surface area (Å²) in [6.07, 6.45) is 0.559. The Bertz CT molecular complexity index is 923. The molecule has 0 bridgehead atoms. The van der Waals surface area contributed by atoms with Gasteiger partial charge in [-0.3, -0.25) is 25.3 Å². The predicted molar refractivity (Wildman–Crippen MR) is 85.3 cm³/mol. The number of benzene rings is 2. The molecule has 0 aromatic heterocycles. The number of sulfone groups is 3. The van der Waals surface area contributed by atoms with Crippen LogP contribution in [0.15, 0.2) is 70.5 Å². The summed E-state index contributed by atoms with van der Waals surface area (Å²) < 4.78 is 72.8. The Morgan fingerprint density at radius 2 is 0.913 bits per heavy atom. The minimum Gasteiger partial charge on any atom is -0.260 e. The van der Waals surface area contributed by atoms with Crippen molar-refractivity contribution in [3.63, 3.8) is 0 Å². The first-order valence-corrected chi connectivity index (χ1v) is 11.1. The highest BCUT2D eigenvalue weighted by Gasteiger charge is 2.34. The van der Waals surface area contributed by atoms with Crippen LogP contribution in [0.1, 0.15) is 0 Å². The maximum atomic E-state index is 12.6. The standard InChI is InChI=1S/C14H13O6S3/c1-21(15,16)14(22(17,18)12-8-4-2-5-9-12)23(19,20)13-10-6-3-7-11-13/h2-11H,1H3/q-1. The fraction of sp³-hybridized carbons (Fsp3) is 0.0714. The quantitative estimate of drug-likeness (QED) is 0.735. The van der Waals surface area contributed by atoms with Gasteiger partial charge in [0.25, 0.3) is 0 Å². The maximum absolute atomic E-state index is 12.6. The normalized spacial score (nSPS) is 13.1. The van der Waals surface area contributed by atoms with E-state index in [0.29, 0.717) is 6.26 Å². The summed E-state index contributed by atoms with van der Waals surface area (Å²) in [5, 5.41) is 0. The Labute approximate surface area is 135 Å². The first kappa shape index (κ1) is 17.6. The van der Waals surface area contributed by atoms with Crippen LogP contribution in [0.3, 0.4) is 0 Å².